The molecule has 2 heterocycles. The van der Waals surface area contributed by atoms with Crippen LogP contribution in [0.3, 0.4) is 0 Å². The highest BCUT2D eigenvalue weighted by Gasteiger charge is 2.25. The molecule has 0 bridgehead atoms. The summed E-state index contributed by atoms with van der Waals surface area (Å²) >= 11 is 1.29. The van der Waals surface area contributed by atoms with E-state index in [4.69, 9.17) is 0 Å². The molecule has 8 heteroatoms. The first-order valence-electron chi connectivity index (χ1n) is 7.72. The van der Waals surface area contributed by atoms with Gasteiger partial charge in [-0.15, -0.1) is 22.6 Å². The van der Waals surface area contributed by atoms with E-state index in [1.807, 2.05) is 0 Å². The number of benzene rings is 1. The lowest BCUT2D eigenvalue weighted by atomic mass is 9.93. The zero-order valence-electron chi connectivity index (χ0n) is 13.3. The van der Waals surface area contributed by atoms with Crippen molar-refractivity contribution in [3.63, 3.8) is 0 Å². The minimum Gasteiger partial charge on any atom is -0.314 e. The fraction of sp³-hybridized carbons (Fsp3) is 0.438. The highest BCUT2D eigenvalue weighted by molar-refractivity contribution is 7.15. The Kier molecular flexibility index (Phi) is 6.65. The molecule has 1 aliphatic rings. The maximum Gasteiger partial charge on any atom is 0.229 e. The van der Waals surface area contributed by atoms with Gasteiger partial charge in [0.1, 0.15) is 10.8 Å². The number of hydrogen-bond acceptors (Lipinski definition) is 5. The SMILES string of the molecule is C[C@H]1C[C@@H](C(=O)Nc2nnc(Cc3ccccc3F)s2)CCN1.Cl. The fourth-order valence-electron chi connectivity index (χ4n) is 2.76. The summed E-state index contributed by atoms with van der Waals surface area (Å²) in [5.74, 6) is -0.255. The van der Waals surface area contributed by atoms with Crippen molar-refractivity contribution in [1.82, 2.24) is 15.5 Å². The van der Waals surface area contributed by atoms with E-state index in [1.54, 1.807) is 18.2 Å². The van der Waals surface area contributed by atoms with E-state index >= 15 is 0 Å². The van der Waals surface area contributed by atoms with Crippen LogP contribution in [-0.4, -0.2) is 28.7 Å². The molecule has 1 aromatic carbocycles. The molecule has 0 radical (unpaired) electrons. The largest absolute Gasteiger partial charge is 0.314 e. The lowest BCUT2D eigenvalue weighted by Crippen LogP contribution is -2.40. The standard InChI is InChI=1S/C16H19FN4OS.ClH/c1-10-8-12(6-7-18-10)15(22)19-16-21-20-14(23-16)9-11-4-2-3-5-13(11)17;/h2-5,10,12,18H,6-9H2,1H3,(H,19,21,22);1H/t10-,12-;/m0./s1. The van der Waals surface area contributed by atoms with Gasteiger partial charge in [0, 0.05) is 18.4 Å². The number of piperidine rings is 1. The van der Waals surface area contributed by atoms with E-state index in [-0.39, 0.29) is 30.0 Å². The number of amides is 1. The van der Waals surface area contributed by atoms with Crippen molar-refractivity contribution in [1.29, 1.82) is 0 Å². The van der Waals surface area contributed by atoms with Gasteiger partial charge in [-0.2, -0.15) is 0 Å². The Hall–Kier alpha value is -1.57. The van der Waals surface area contributed by atoms with E-state index in [2.05, 4.69) is 27.8 Å². The third-order valence-corrected chi connectivity index (χ3v) is 4.83. The molecule has 1 aromatic heterocycles. The summed E-state index contributed by atoms with van der Waals surface area (Å²) < 4.78 is 13.7. The molecule has 1 aliphatic heterocycles. The predicted octanol–water partition coefficient (Wildman–Crippen LogP) is 3.02. The number of nitrogens with zero attached hydrogens (tertiary/aromatic N) is 2. The third kappa shape index (κ3) is 4.72. The van der Waals surface area contributed by atoms with Gasteiger partial charge in [0.15, 0.2) is 0 Å². The van der Waals surface area contributed by atoms with Gasteiger partial charge in [-0.1, -0.05) is 29.5 Å². The second-order valence-corrected chi connectivity index (χ2v) is 6.90. The van der Waals surface area contributed by atoms with E-state index in [0.29, 0.717) is 28.2 Å². The Labute approximate surface area is 150 Å². The topological polar surface area (TPSA) is 66.9 Å². The summed E-state index contributed by atoms with van der Waals surface area (Å²) in [6.07, 6.45) is 2.04. The van der Waals surface area contributed by atoms with E-state index in [0.717, 1.165) is 19.4 Å². The maximum absolute atomic E-state index is 13.7. The highest BCUT2D eigenvalue weighted by Crippen LogP contribution is 2.22. The van der Waals surface area contributed by atoms with Gasteiger partial charge in [0.25, 0.3) is 0 Å². The van der Waals surface area contributed by atoms with Crippen molar-refractivity contribution >= 4 is 34.8 Å². The van der Waals surface area contributed by atoms with Gasteiger partial charge in [0.2, 0.25) is 11.0 Å². The second-order valence-electron chi connectivity index (χ2n) is 5.83. The van der Waals surface area contributed by atoms with Crippen LogP contribution in [0.25, 0.3) is 0 Å². The van der Waals surface area contributed by atoms with Crippen LogP contribution < -0.4 is 10.6 Å². The van der Waals surface area contributed by atoms with Gasteiger partial charge in [-0.25, -0.2) is 4.39 Å². The number of aromatic nitrogens is 2. The van der Waals surface area contributed by atoms with Crippen LogP contribution in [0.5, 0.6) is 0 Å². The minimum absolute atomic E-state index is 0. The van der Waals surface area contributed by atoms with Crippen molar-refractivity contribution in [2.45, 2.75) is 32.2 Å². The smallest absolute Gasteiger partial charge is 0.229 e. The van der Waals surface area contributed by atoms with E-state index in [1.165, 1.54) is 17.4 Å². The van der Waals surface area contributed by atoms with Crippen molar-refractivity contribution in [2.24, 2.45) is 5.92 Å². The first kappa shape index (κ1) is 18.8. The van der Waals surface area contributed by atoms with E-state index < -0.39 is 0 Å². The van der Waals surface area contributed by atoms with Gasteiger partial charge in [0.05, 0.1) is 0 Å². The van der Waals surface area contributed by atoms with Crippen LogP contribution in [0.1, 0.15) is 30.3 Å². The number of anilines is 1. The van der Waals surface area contributed by atoms with Crippen molar-refractivity contribution in [3.05, 3.63) is 40.7 Å². The Morgan fingerprint density at radius 1 is 1.42 bits per heavy atom. The minimum atomic E-state index is -0.253. The maximum atomic E-state index is 13.7. The third-order valence-electron chi connectivity index (χ3n) is 3.99. The molecule has 0 saturated carbocycles. The molecule has 2 aromatic rings. The molecule has 0 unspecified atom stereocenters. The first-order valence-corrected chi connectivity index (χ1v) is 8.53. The average molecular weight is 371 g/mol. The van der Waals surface area contributed by atoms with Crippen LogP contribution in [0.4, 0.5) is 9.52 Å². The Balaban J connectivity index is 0.00000208. The van der Waals surface area contributed by atoms with E-state index in [9.17, 15) is 9.18 Å². The molecule has 1 saturated heterocycles. The molecule has 0 spiro atoms. The number of hydrogen-bond donors (Lipinski definition) is 2. The van der Waals surface area contributed by atoms with Crippen LogP contribution >= 0.6 is 23.7 Å². The van der Waals surface area contributed by atoms with Gasteiger partial charge < -0.3 is 10.6 Å². The van der Waals surface area contributed by atoms with Gasteiger partial charge >= 0.3 is 0 Å². The Bertz CT molecular complexity index is 696. The Morgan fingerprint density at radius 3 is 2.96 bits per heavy atom. The fourth-order valence-corrected chi connectivity index (χ4v) is 3.52. The molecule has 24 heavy (non-hydrogen) atoms. The zero-order chi connectivity index (χ0) is 16.2. The molecule has 3 rings (SSSR count). The zero-order valence-corrected chi connectivity index (χ0v) is 14.9. The van der Waals surface area contributed by atoms with Gasteiger partial charge in [-0.3, -0.25) is 4.79 Å². The molecular formula is C16H20ClFN4OS. The summed E-state index contributed by atoms with van der Waals surface area (Å²) in [5, 5.41) is 15.4. The van der Waals surface area contributed by atoms with Crippen LogP contribution in [0.2, 0.25) is 0 Å². The molecule has 2 atom stereocenters. The summed E-state index contributed by atoms with van der Waals surface area (Å²) in [6, 6.07) is 6.96. The quantitative estimate of drug-likeness (QED) is 0.868. The Morgan fingerprint density at radius 2 is 2.21 bits per heavy atom. The molecular weight excluding hydrogens is 351 g/mol. The second kappa shape index (κ2) is 8.50. The summed E-state index contributed by atoms with van der Waals surface area (Å²) in [5.41, 5.74) is 0.578. The average Bonchev–Trinajstić information content (AvgIpc) is 2.97. The van der Waals surface area contributed by atoms with Gasteiger partial charge in [-0.05, 0) is 37.9 Å². The van der Waals surface area contributed by atoms with Crippen LogP contribution in [-0.2, 0) is 11.2 Å². The highest BCUT2D eigenvalue weighted by atomic mass is 35.5. The normalized spacial score (nSPS) is 20.2. The predicted molar refractivity (Wildman–Crippen MR) is 95.2 cm³/mol. The molecule has 130 valence electrons. The summed E-state index contributed by atoms with van der Waals surface area (Å²) in [7, 11) is 0. The van der Waals surface area contributed by atoms with Crippen LogP contribution in [0.15, 0.2) is 24.3 Å². The summed E-state index contributed by atoms with van der Waals surface area (Å²) in [4.78, 5) is 12.3. The first-order chi connectivity index (χ1) is 11.1. The monoisotopic (exact) mass is 370 g/mol. The van der Waals surface area contributed by atoms with Crippen molar-refractivity contribution in [3.8, 4) is 0 Å². The summed E-state index contributed by atoms with van der Waals surface area (Å²) in [6.45, 7) is 2.94. The number of carbonyl (C=O) groups is 1. The number of halogens is 2. The number of nitrogens with one attached hydrogen (secondary N) is 2. The molecule has 1 fully saturated rings. The molecule has 5 nitrogen and oxygen atoms in total. The number of rotatable bonds is 4. The lowest BCUT2D eigenvalue weighted by molar-refractivity contribution is -0.120. The lowest BCUT2D eigenvalue weighted by Gasteiger charge is -2.26. The molecule has 0 aliphatic carbocycles. The van der Waals surface area contributed by atoms with Crippen LogP contribution in [0, 0.1) is 11.7 Å². The van der Waals surface area contributed by atoms with Crippen molar-refractivity contribution < 1.29 is 9.18 Å². The van der Waals surface area contributed by atoms with Crippen molar-refractivity contribution in [2.75, 3.05) is 11.9 Å². The molecule has 1 amide bonds. The molecule has 2 N–H and O–H groups in total. The number of carbonyl (C=O) groups excluding carboxylic acids is 1.